The van der Waals surface area contributed by atoms with Gasteiger partial charge in [0.15, 0.2) is 5.82 Å². The van der Waals surface area contributed by atoms with Crippen LogP contribution in [0.15, 0.2) is 48.5 Å². The zero-order valence-electron chi connectivity index (χ0n) is 14.1. The predicted octanol–water partition coefficient (Wildman–Crippen LogP) is 4.19. The molecule has 1 amide bonds. The third-order valence-corrected chi connectivity index (χ3v) is 5.83. The summed E-state index contributed by atoms with van der Waals surface area (Å²) in [4.78, 5) is 15.2. The lowest BCUT2D eigenvalue weighted by Gasteiger charge is -2.32. The van der Waals surface area contributed by atoms with Gasteiger partial charge in [0, 0.05) is 25.2 Å². The number of nitrogens with one attached hydrogen (secondary N) is 2. The first-order chi connectivity index (χ1) is 12.7. The number of rotatable bonds is 4. The van der Waals surface area contributed by atoms with E-state index < -0.39 is 0 Å². The Bertz CT molecular complexity index is 884. The van der Waals surface area contributed by atoms with E-state index in [2.05, 4.69) is 38.6 Å². The summed E-state index contributed by atoms with van der Waals surface area (Å²) in [6.45, 7) is 1.74. The minimum atomic E-state index is -0.0357. The third kappa shape index (κ3) is 3.76. The molecule has 7 heteroatoms. The maximum atomic E-state index is 12.2. The Balaban J connectivity index is 1.34. The number of thiophene rings is 1. The maximum Gasteiger partial charge on any atom is 0.261 e. The average molecular weight is 387 g/mol. The van der Waals surface area contributed by atoms with E-state index in [4.69, 9.17) is 11.6 Å². The molecule has 0 atom stereocenters. The van der Waals surface area contributed by atoms with E-state index in [0.29, 0.717) is 9.21 Å². The highest BCUT2D eigenvalue weighted by atomic mass is 35.5. The van der Waals surface area contributed by atoms with E-state index in [1.165, 1.54) is 11.3 Å². The van der Waals surface area contributed by atoms with Crippen LogP contribution in [0.4, 0.5) is 5.82 Å². The van der Waals surface area contributed by atoms with Crippen LogP contribution in [0, 0.1) is 0 Å². The van der Waals surface area contributed by atoms with Gasteiger partial charge < -0.3 is 10.2 Å². The Labute approximate surface area is 161 Å². The van der Waals surface area contributed by atoms with Crippen molar-refractivity contribution >= 4 is 34.7 Å². The van der Waals surface area contributed by atoms with E-state index >= 15 is 0 Å². The van der Waals surface area contributed by atoms with Gasteiger partial charge in [-0.15, -0.1) is 11.3 Å². The number of benzene rings is 1. The minimum Gasteiger partial charge on any atom is -0.355 e. The fraction of sp³-hybridized carbons (Fsp3) is 0.263. The molecule has 2 N–H and O–H groups in total. The molecule has 26 heavy (non-hydrogen) atoms. The first-order valence-corrected chi connectivity index (χ1v) is 9.80. The summed E-state index contributed by atoms with van der Waals surface area (Å²) in [5.74, 6) is 0.921. The molecule has 0 spiro atoms. The molecular weight excluding hydrogens is 368 g/mol. The number of H-pyrrole nitrogens is 1. The molecule has 1 saturated heterocycles. The van der Waals surface area contributed by atoms with Crippen molar-refractivity contribution in [2.24, 2.45) is 0 Å². The summed E-state index contributed by atoms with van der Waals surface area (Å²) in [6, 6.07) is 16.0. The highest BCUT2D eigenvalue weighted by Crippen LogP contribution is 2.25. The number of anilines is 1. The molecule has 0 aliphatic carbocycles. The summed E-state index contributed by atoms with van der Waals surface area (Å²) in [7, 11) is 0. The van der Waals surface area contributed by atoms with Gasteiger partial charge in [0.2, 0.25) is 0 Å². The molecule has 2 aromatic heterocycles. The molecule has 1 aromatic carbocycles. The predicted molar refractivity (Wildman–Crippen MR) is 106 cm³/mol. The number of hydrogen-bond donors (Lipinski definition) is 2. The van der Waals surface area contributed by atoms with Crippen LogP contribution >= 0.6 is 22.9 Å². The normalized spacial score (nSPS) is 15.2. The van der Waals surface area contributed by atoms with Crippen molar-refractivity contribution in [2.45, 2.75) is 18.9 Å². The summed E-state index contributed by atoms with van der Waals surface area (Å²) >= 11 is 7.21. The van der Waals surface area contributed by atoms with E-state index in [-0.39, 0.29) is 11.9 Å². The number of aromatic amines is 1. The molecule has 1 fully saturated rings. The Kier molecular flexibility index (Phi) is 4.95. The topological polar surface area (TPSA) is 61.0 Å². The number of carbonyl (C=O) groups is 1. The quantitative estimate of drug-likeness (QED) is 0.706. The number of carbonyl (C=O) groups excluding carboxylic acids is 1. The number of halogens is 1. The van der Waals surface area contributed by atoms with Crippen LogP contribution in [-0.2, 0) is 0 Å². The van der Waals surface area contributed by atoms with Crippen LogP contribution in [-0.4, -0.2) is 35.2 Å². The van der Waals surface area contributed by atoms with Crippen molar-refractivity contribution in [3.63, 3.8) is 0 Å². The van der Waals surface area contributed by atoms with Gasteiger partial charge in [0.1, 0.15) is 0 Å². The highest BCUT2D eigenvalue weighted by molar-refractivity contribution is 7.18. The van der Waals surface area contributed by atoms with Crippen LogP contribution in [0.5, 0.6) is 0 Å². The van der Waals surface area contributed by atoms with Gasteiger partial charge in [-0.1, -0.05) is 41.9 Å². The monoisotopic (exact) mass is 386 g/mol. The van der Waals surface area contributed by atoms with Crippen LogP contribution in [0.2, 0.25) is 4.34 Å². The van der Waals surface area contributed by atoms with Crippen molar-refractivity contribution < 1.29 is 4.79 Å². The molecule has 3 heterocycles. The van der Waals surface area contributed by atoms with Crippen LogP contribution in [0.1, 0.15) is 22.5 Å². The maximum absolute atomic E-state index is 12.2. The highest BCUT2D eigenvalue weighted by Gasteiger charge is 2.23. The fourth-order valence-corrected chi connectivity index (χ4v) is 4.13. The van der Waals surface area contributed by atoms with Crippen molar-refractivity contribution in [3.05, 3.63) is 57.7 Å². The zero-order chi connectivity index (χ0) is 17.9. The standard InChI is InChI=1S/C19H19ClN4OS/c20-17-7-6-16(26-17)19(25)21-14-8-10-24(11-9-14)18-12-15(22-23-18)13-4-2-1-3-5-13/h1-7,12,14H,8-11H2,(H,21,25)(H,22,23). The second-order valence-electron chi connectivity index (χ2n) is 6.34. The first kappa shape index (κ1) is 17.1. The second-order valence-corrected chi connectivity index (χ2v) is 8.06. The Hall–Kier alpha value is -2.31. The van der Waals surface area contributed by atoms with Gasteiger partial charge in [-0.3, -0.25) is 9.89 Å². The van der Waals surface area contributed by atoms with Gasteiger partial charge in [-0.2, -0.15) is 5.10 Å². The molecule has 0 saturated carbocycles. The van der Waals surface area contributed by atoms with Gasteiger partial charge >= 0.3 is 0 Å². The lowest BCUT2D eigenvalue weighted by atomic mass is 10.0. The first-order valence-electron chi connectivity index (χ1n) is 8.61. The molecule has 134 valence electrons. The molecule has 5 nitrogen and oxygen atoms in total. The van der Waals surface area contributed by atoms with E-state index in [1.54, 1.807) is 12.1 Å². The lowest BCUT2D eigenvalue weighted by Crippen LogP contribution is -2.44. The van der Waals surface area contributed by atoms with E-state index in [1.807, 2.05) is 18.2 Å². The fourth-order valence-electron chi connectivity index (χ4n) is 3.18. The molecule has 0 radical (unpaired) electrons. The van der Waals surface area contributed by atoms with Gasteiger partial charge in [-0.25, -0.2) is 0 Å². The van der Waals surface area contributed by atoms with Gasteiger partial charge in [0.05, 0.1) is 14.9 Å². The molecule has 1 aliphatic heterocycles. The summed E-state index contributed by atoms with van der Waals surface area (Å²) in [5, 5.41) is 10.7. The second kappa shape index (κ2) is 7.51. The van der Waals surface area contributed by atoms with E-state index in [9.17, 15) is 4.79 Å². The number of hydrogen-bond acceptors (Lipinski definition) is 4. The number of aromatic nitrogens is 2. The van der Waals surface area contributed by atoms with Crippen LogP contribution in [0.25, 0.3) is 11.3 Å². The summed E-state index contributed by atoms with van der Waals surface area (Å²) in [5.41, 5.74) is 2.15. The van der Waals surface area contributed by atoms with Crippen LogP contribution < -0.4 is 10.2 Å². The van der Waals surface area contributed by atoms with Crippen molar-refractivity contribution in [1.82, 2.24) is 15.5 Å². The summed E-state index contributed by atoms with van der Waals surface area (Å²) < 4.78 is 0.637. The average Bonchev–Trinajstić information content (AvgIpc) is 3.32. The van der Waals surface area contributed by atoms with Crippen LogP contribution in [0.3, 0.4) is 0 Å². The Morgan fingerprint density at radius 3 is 2.65 bits per heavy atom. The van der Waals surface area contributed by atoms with Crippen molar-refractivity contribution in [3.8, 4) is 11.3 Å². The minimum absolute atomic E-state index is 0.0357. The van der Waals surface area contributed by atoms with Crippen molar-refractivity contribution in [1.29, 1.82) is 0 Å². The molecule has 4 rings (SSSR count). The van der Waals surface area contributed by atoms with Crippen molar-refractivity contribution in [2.75, 3.05) is 18.0 Å². The Morgan fingerprint density at radius 1 is 1.19 bits per heavy atom. The molecule has 3 aromatic rings. The van der Waals surface area contributed by atoms with Gasteiger partial charge in [0.25, 0.3) is 5.91 Å². The smallest absolute Gasteiger partial charge is 0.261 e. The molecule has 0 unspecified atom stereocenters. The molecular formula is C19H19ClN4OS. The largest absolute Gasteiger partial charge is 0.355 e. The zero-order valence-corrected chi connectivity index (χ0v) is 15.7. The SMILES string of the molecule is O=C(NC1CCN(c2cc(-c3ccccc3)[nH]n2)CC1)c1ccc(Cl)s1. The summed E-state index contributed by atoms with van der Waals surface area (Å²) in [6.07, 6.45) is 1.80. The number of amides is 1. The van der Waals surface area contributed by atoms with Gasteiger partial charge in [-0.05, 0) is 30.5 Å². The molecule has 0 bridgehead atoms. The number of piperidine rings is 1. The molecule has 1 aliphatic rings. The third-order valence-electron chi connectivity index (χ3n) is 4.60. The number of nitrogens with zero attached hydrogens (tertiary/aromatic N) is 2. The lowest BCUT2D eigenvalue weighted by molar-refractivity contribution is 0.0935. The van der Waals surface area contributed by atoms with E-state index in [0.717, 1.165) is 43.0 Å². The Morgan fingerprint density at radius 2 is 1.96 bits per heavy atom.